The van der Waals surface area contributed by atoms with Gasteiger partial charge in [0, 0.05) is 0 Å². The monoisotopic (exact) mass is 132 g/mol. The maximum atomic E-state index is 8.37. The molecule has 0 saturated carbocycles. The van der Waals surface area contributed by atoms with E-state index >= 15 is 0 Å². The van der Waals surface area contributed by atoms with E-state index in [0.29, 0.717) is 12.5 Å². The molecule has 0 aliphatic carbocycles. The Hall–Kier alpha value is -0.0800. The highest BCUT2D eigenvalue weighted by Crippen LogP contribution is 2.03. The summed E-state index contributed by atoms with van der Waals surface area (Å²) in [6, 6.07) is 0. The van der Waals surface area contributed by atoms with E-state index in [4.69, 9.17) is 9.84 Å². The fraction of sp³-hybridized carbons (Fsp3) is 1.00. The van der Waals surface area contributed by atoms with Gasteiger partial charge in [0.2, 0.25) is 0 Å². The third-order valence-corrected chi connectivity index (χ3v) is 1.41. The van der Waals surface area contributed by atoms with Gasteiger partial charge in [0.05, 0.1) is 19.3 Å². The van der Waals surface area contributed by atoms with E-state index in [2.05, 4.69) is 13.8 Å². The van der Waals surface area contributed by atoms with Gasteiger partial charge < -0.3 is 9.84 Å². The van der Waals surface area contributed by atoms with Gasteiger partial charge in [0.15, 0.2) is 0 Å². The van der Waals surface area contributed by atoms with Crippen molar-refractivity contribution in [3.05, 3.63) is 0 Å². The fourth-order valence-corrected chi connectivity index (χ4v) is 0.431. The van der Waals surface area contributed by atoms with Crippen LogP contribution in [0.3, 0.4) is 0 Å². The van der Waals surface area contributed by atoms with E-state index in [1.807, 2.05) is 6.92 Å². The van der Waals surface area contributed by atoms with Crippen LogP contribution in [0.15, 0.2) is 0 Å². The predicted molar refractivity (Wildman–Crippen MR) is 37.3 cm³/mol. The van der Waals surface area contributed by atoms with Crippen molar-refractivity contribution in [1.29, 1.82) is 0 Å². The van der Waals surface area contributed by atoms with Crippen LogP contribution in [-0.4, -0.2) is 24.4 Å². The second-order valence-corrected chi connectivity index (χ2v) is 2.54. The maximum absolute atomic E-state index is 8.37. The number of ether oxygens (including phenoxy) is 1. The molecule has 0 radical (unpaired) electrons. The molecule has 0 fully saturated rings. The second kappa shape index (κ2) is 4.77. The van der Waals surface area contributed by atoms with Crippen LogP contribution in [0.25, 0.3) is 0 Å². The lowest BCUT2D eigenvalue weighted by Gasteiger charge is -2.14. The summed E-state index contributed by atoms with van der Waals surface area (Å²) in [5, 5.41) is 8.37. The molecule has 0 spiro atoms. The summed E-state index contributed by atoms with van der Waals surface area (Å²) in [7, 11) is 0. The van der Waals surface area contributed by atoms with Crippen molar-refractivity contribution >= 4 is 0 Å². The van der Waals surface area contributed by atoms with Crippen molar-refractivity contribution in [2.45, 2.75) is 26.9 Å². The van der Waals surface area contributed by atoms with Crippen LogP contribution in [0.5, 0.6) is 0 Å². The molecular weight excluding hydrogens is 116 g/mol. The van der Waals surface area contributed by atoms with Gasteiger partial charge in [-0.25, -0.2) is 0 Å². The second-order valence-electron chi connectivity index (χ2n) is 2.54. The standard InChI is InChI=1S/C7H16O2/c1-6(2)7(3)9-5-4-8/h6-8H,4-5H2,1-3H3/t7-/m0/s1. The first kappa shape index (κ1) is 8.92. The van der Waals surface area contributed by atoms with Gasteiger partial charge in [-0.1, -0.05) is 13.8 Å². The molecule has 0 aliphatic rings. The van der Waals surface area contributed by atoms with Gasteiger partial charge in [-0.05, 0) is 12.8 Å². The Morgan fingerprint density at radius 3 is 2.22 bits per heavy atom. The molecule has 0 unspecified atom stereocenters. The minimum Gasteiger partial charge on any atom is -0.394 e. The Morgan fingerprint density at radius 1 is 1.33 bits per heavy atom. The molecule has 0 rings (SSSR count). The van der Waals surface area contributed by atoms with Crippen LogP contribution in [0.1, 0.15) is 20.8 Å². The number of rotatable bonds is 4. The highest BCUT2D eigenvalue weighted by atomic mass is 16.5. The van der Waals surface area contributed by atoms with Gasteiger partial charge in [-0.15, -0.1) is 0 Å². The predicted octanol–water partition coefficient (Wildman–Crippen LogP) is 1.04. The van der Waals surface area contributed by atoms with E-state index in [1.165, 1.54) is 0 Å². The first-order chi connectivity index (χ1) is 4.18. The maximum Gasteiger partial charge on any atom is 0.0701 e. The van der Waals surface area contributed by atoms with Crippen LogP contribution in [0, 0.1) is 5.92 Å². The summed E-state index contributed by atoms with van der Waals surface area (Å²) in [6.07, 6.45) is 0.261. The first-order valence-electron chi connectivity index (χ1n) is 3.41. The molecule has 2 nitrogen and oxygen atoms in total. The molecule has 2 heteroatoms. The van der Waals surface area contributed by atoms with Crippen LogP contribution in [0.4, 0.5) is 0 Å². The van der Waals surface area contributed by atoms with E-state index in [1.54, 1.807) is 0 Å². The van der Waals surface area contributed by atoms with E-state index in [-0.39, 0.29) is 12.7 Å². The average Bonchev–Trinajstić information content (AvgIpc) is 1.82. The quantitative estimate of drug-likeness (QED) is 0.619. The van der Waals surface area contributed by atoms with Gasteiger partial charge in [0.25, 0.3) is 0 Å². The number of hydrogen-bond acceptors (Lipinski definition) is 2. The molecule has 1 N–H and O–H groups in total. The molecule has 0 saturated heterocycles. The average molecular weight is 132 g/mol. The highest BCUT2D eigenvalue weighted by Gasteiger charge is 2.04. The van der Waals surface area contributed by atoms with Gasteiger partial charge in [-0.3, -0.25) is 0 Å². The zero-order chi connectivity index (χ0) is 7.28. The minimum absolute atomic E-state index is 0.122. The van der Waals surface area contributed by atoms with Crippen LogP contribution >= 0.6 is 0 Å². The normalized spacial score (nSPS) is 14.3. The number of hydrogen-bond donors (Lipinski definition) is 1. The Bertz CT molecular complexity index is 61.9. The molecule has 0 aromatic carbocycles. The lowest BCUT2D eigenvalue weighted by molar-refractivity contribution is 0.0144. The van der Waals surface area contributed by atoms with E-state index in [9.17, 15) is 0 Å². The fourth-order valence-electron chi connectivity index (χ4n) is 0.431. The van der Waals surface area contributed by atoms with Gasteiger partial charge in [-0.2, -0.15) is 0 Å². The van der Waals surface area contributed by atoms with Crippen LogP contribution in [0.2, 0.25) is 0 Å². The summed E-state index contributed by atoms with van der Waals surface area (Å²) in [6.45, 7) is 6.79. The summed E-state index contributed by atoms with van der Waals surface area (Å²) in [5.41, 5.74) is 0. The van der Waals surface area contributed by atoms with E-state index in [0.717, 1.165) is 0 Å². The highest BCUT2D eigenvalue weighted by molar-refractivity contribution is 4.53. The molecule has 0 amide bonds. The topological polar surface area (TPSA) is 29.5 Å². The van der Waals surface area contributed by atoms with Crippen molar-refractivity contribution in [1.82, 2.24) is 0 Å². The summed E-state index contributed by atoms with van der Waals surface area (Å²) < 4.78 is 5.20. The zero-order valence-corrected chi connectivity index (χ0v) is 6.42. The number of aliphatic hydroxyl groups excluding tert-OH is 1. The summed E-state index contributed by atoms with van der Waals surface area (Å²) in [5.74, 6) is 0.538. The van der Waals surface area contributed by atoms with Crippen molar-refractivity contribution in [3.8, 4) is 0 Å². The van der Waals surface area contributed by atoms with Crippen molar-refractivity contribution in [2.75, 3.05) is 13.2 Å². The molecule has 0 bridgehead atoms. The molecule has 0 aromatic heterocycles. The third kappa shape index (κ3) is 4.43. The van der Waals surface area contributed by atoms with Gasteiger partial charge in [0.1, 0.15) is 0 Å². The summed E-state index contributed by atoms with van der Waals surface area (Å²) >= 11 is 0. The van der Waals surface area contributed by atoms with Gasteiger partial charge >= 0.3 is 0 Å². The molecule has 56 valence electrons. The van der Waals surface area contributed by atoms with Crippen LogP contribution in [-0.2, 0) is 4.74 Å². The molecule has 0 aliphatic heterocycles. The Balaban J connectivity index is 3.16. The summed E-state index contributed by atoms with van der Waals surface area (Å²) in [4.78, 5) is 0. The van der Waals surface area contributed by atoms with E-state index < -0.39 is 0 Å². The third-order valence-electron chi connectivity index (χ3n) is 1.41. The Labute approximate surface area is 56.8 Å². The van der Waals surface area contributed by atoms with Crippen molar-refractivity contribution < 1.29 is 9.84 Å². The molecule has 0 aromatic rings. The molecule has 1 atom stereocenters. The lowest BCUT2D eigenvalue weighted by atomic mass is 10.1. The lowest BCUT2D eigenvalue weighted by Crippen LogP contribution is -2.17. The molecular formula is C7H16O2. The largest absolute Gasteiger partial charge is 0.394 e. The number of aliphatic hydroxyl groups is 1. The Kier molecular flexibility index (Phi) is 4.72. The van der Waals surface area contributed by atoms with Crippen LogP contribution < -0.4 is 0 Å². The SMILES string of the molecule is CC(C)[C@H](C)OCCO. The van der Waals surface area contributed by atoms with Crippen molar-refractivity contribution in [2.24, 2.45) is 5.92 Å². The Morgan fingerprint density at radius 2 is 1.89 bits per heavy atom. The minimum atomic E-state index is 0.122. The smallest absolute Gasteiger partial charge is 0.0701 e. The van der Waals surface area contributed by atoms with Crippen molar-refractivity contribution in [3.63, 3.8) is 0 Å². The molecule has 0 heterocycles. The molecule has 9 heavy (non-hydrogen) atoms. The zero-order valence-electron chi connectivity index (χ0n) is 6.42. The first-order valence-corrected chi connectivity index (χ1v) is 3.41.